The molecule has 0 atom stereocenters. The third-order valence-electron chi connectivity index (χ3n) is 1.88. The molecule has 0 aliphatic carbocycles. The fraction of sp³-hybridized carbons (Fsp3) is 0.625. The molecule has 1 aromatic heterocycles. The Balaban J connectivity index is 3.08. The molecule has 0 amide bonds. The first-order valence-electron chi connectivity index (χ1n) is 4.46. The quantitative estimate of drug-likeness (QED) is 0.699. The lowest BCUT2D eigenvalue weighted by Crippen LogP contribution is -2.34. The van der Waals surface area contributed by atoms with Crippen LogP contribution in [0.2, 0.25) is 0 Å². The molecule has 0 aliphatic rings. The minimum atomic E-state index is -3.70. The molecule has 0 aromatic carbocycles. The highest BCUT2D eigenvalue weighted by Gasteiger charge is 2.18. The van der Waals surface area contributed by atoms with Crippen molar-refractivity contribution < 1.29 is 12.9 Å². The van der Waals surface area contributed by atoms with Crippen molar-refractivity contribution in [1.82, 2.24) is 9.78 Å². The van der Waals surface area contributed by atoms with Crippen molar-refractivity contribution in [3.8, 4) is 0 Å². The van der Waals surface area contributed by atoms with E-state index in [4.69, 9.17) is 5.14 Å². The first-order valence-corrected chi connectivity index (χ1v) is 6.00. The van der Waals surface area contributed by atoms with Crippen molar-refractivity contribution in [3.05, 3.63) is 11.8 Å². The van der Waals surface area contributed by atoms with Crippen LogP contribution in [0.15, 0.2) is 11.1 Å². The van der Waals surface area contributed by atoms with Gasteiger partial charge in [-0.05, 0) is 0 Å². The largest absolute Gasteiger partial charge is 0.326 e. The Morgan fingerprint density at radius 2 is 2.00 bits per heavy atom. The van der Waals surface area contributed by atoms with Gasteiger partial charge in [-0.3, -0.25) is 4.68 Å². The molecule has 86 valence electrons. The maximum absolute atomic E-state index is 11.1. The summed E-state index contributed by atoms with van der Waals surface area (Å²) in [5, 5.41) is 8.78. The molecule has 0 saturated heterocycles. The Morgan fingerprint density at radius 3 is 2.33 bits per heavy atom. The molecule has 1 heterocycles. The van der Waals surface area contributed by atoms with E-state index >= 15 is 0 Å². The summed E-state index contributed by atoms with van der Waals surface area (Å²) in [7, 11) is 4.06. The maximum Gasteiger partial charge on any atom is 0.257 e. The highest BCUT2D eigenvalue weighted by molar-refractivity contribution is 7.89. The molecule has 1 aromatic rings. The van der Waals surface area contributed by atoms with Crippen LogP contribution in [0.3, 0.4) is 0 Å². The summed E-state index contributed by atoms with van der Waals surface area (Å²) < 4.78 is 24.4. The molecule has 6 nitrogen and oxygen atoms in total. The summed E-state index contributed by atoms with van der Waals surface area (Å²) in [6, 6.07) is 1.51. The van der Waals surface area contributed by atoms with Gasteiger partial charge in [0.2, 0.25) is 0 Å². The highest BCUT2D eigenvalue weighted by Crippen LogP contribution is 2.11. The lowest BCUT2D eigenvalue weighted by molar-refractivity contribution is -0.884. The number of nitrogens with zero attached hydrogens (tertiary/aromatic N) is 3. The first-order chi connectivity index (χ1) is 6.59. The lowest BCUT2D eigenvalue weighted by Gasteiger charge is -2.23. The van der Waals surface area contributed by atoms with Gasteiger partial charge in [0, 0.05) is 13.1 Å². The standard InChI is InChI=1S/C8H17N4O2S/c1-11-7(6-12(2,3)4)5-8(10-11)15(9,13)14/h5H,6H2,1-4H3,(H2,9,13,14)/q+1. The van der Waals surface area contributed by atoms with Crippen LogP contribution in [-0.2, 0) is 23.6 Å². The Bertz CT molecular complexity index is 455. The molecular weight excluding hydrogens is 216 g/mol. The molecule has 0 aliphatic heterocycles. The minimum absolute atomic E-state index is 0.0755. The van der Waals surface area contributed by atoms with Crippen LogP contribution >= 0.6 is 0 Å². The zero-order chi connectivity index (χ0) is 11.9. The Morgan fingerprint density at radius 1 is 1.47 bits per heavy atom. The van der Waals surface area contributed by atoms with Gasteiger partial charge in [0.1, 0.15) is 6.54 Å². The number of hydrogen-bond donors (Lipinski definition) is 1. The van der Waals surface area contributed by atoms with Crippen LogP contribution in [-0.4, -0.2) is 43.8 Å². The second-order valence-corrected chi connectivity index (χ2v) is 6.10. The summed E-state index contributed by atoms with van der Waals surface area (Å²) in [5.74, 6) is 0. The van der Waals surface area contributed by atoms with Gasteiger partial charge >= 0.3 is 0 Å². The van der Waals surface area contributed by atoms with Crippen molar-refractivity contribution in [2.24, 2.45) is 12.2 Å². The summed E-state index contributed by atoms with van der Waals surface area (Å²) in [4.78, 5) is 0. The number of quaternary nitrogens is 1. The zero-order valence-corrected chi connectivity index (χ0v) is 10.2. The van der Waals surface area contributed by atoms with E-state index < -0.39 is 10.0 Å². The van der Waals surface area contributed by atoms with Gasteiger partial charge < -0.3 is 4.48 Å². The normalized spacial score (nSPS) is 13.1. The predicted octanol–water partition coefficient (Wildman–Crippen LogP) is -0.726. The molecule has 0 spiro atoms. The highest BCUT2D eigenvalue weighted by atomic mass is 32.2. The maximum atomic E-state index is 11.1. The molecule has 0 radical (unpaired) electrons. The second-order valence-electron chi connectivity index (χ2n) is 4.59. The summed E-state index contributed by atoms with van der Waals surface area (Å²) in [6.07, 6.45) is 0. The van der Waals surface area contributed by atoms with Gasteiger partial charge in [-0.25, -0.2) is 13.6 Å². The van der Waals surface area contributed by atoms with Crippen LogP contribution in [0.25, 0.3) is 0 Å². The lowest BCUT2D eigenvalue weighted by atomic mass is 10.4. The van der Waals surface area contributed by atoms with Crippen molar-refractivity contribution in [2.45, 2.75) is 11.6 Å². The molecule has 7 heteroatoms. The first kappa shape index (κ1) is 12.2. The van der Waals surface area contributed by atoms with Gasteiger partial charge in [0.05, 0.1) is 26.8 Å². The number of aryl methyl sites for hydroxylation is 1. The van der Waals surface area contributed by atoms with Gasteiger partial charge in [-0.2, -0.15) is 5.10 Å². The number of aromatic nitrogens is 2. The molecule has 0 saturated carbocycles. The third-order valence-corrected chi connectivity index (χ3v) is 2.66. The average Bonchev–Trinajstić information content (AvgIpc) is 2.27. The fourth-order valence-corrected chi connectivity index (χ4v) is 1.79. The smallest absolute Gasteiger partial charge is 0.257 e. The summed E-state index contributed by atoms with van der Waals surface area (Å²) in [5.41, 5.74) is 0.839. The monoisotopic (exact) mass is 233 g/mol. The summed E-state index contributed by atoms with van der Waals surface area (Å²) >= 11 is 0. The summed E-state index contributed by atoms with van der Waals surface area (Å²) in [6.45, 7) is 0.693. The van der Waals surface area contributed by atoms with Gasteiger partial charge in [-0.15, -0.1) is 0 Å². The van der Waals surface area contributed by atoms with E-state index in [1.807, 2.05) is 21.1 Å². The number of nitrogens with two attached hydrogens (primary N) is 1. The SMILES string of the molecule is Cn1nc(S(N)(=O)=O)cc1C[N+](C)(C)C. The fourth-order valence-electron chi connectivity index (χ4n) is 1.25. The van der Waals surface area contributed by atoms with E-state index in [9.17, 15) is 8.42 Å². The molecule has 15 heavy (non-hydrogen) atoms. The zero-order valence-electron chi connectivity index (χ0n) is 9.43. The van der Waals surface area contributed by atoms with E-state index in [0.29, 0.717) is 11.0 Å². The Kier molecular flexibility index (Phi) is 2.90. The van der Waals surface area contributed by atoms with E-state index in [1.165, 1.54) is 6.07 Å². The topological polar surface area (TPSA) is 78.0 Å². The molecule has 2 N–H and O–H groups in total. The van der Waals surface area contributed by atoms with E-state index in [2.05, 4.69) is 5.10 Å². The van der Waals surface area contributed by atoms with Crippen molar-refractivity contribution in [1.29, 1.82) is 0 Å². The van der Waals surface area contributed by atoms with Crippen LogP contribution in [0.4, 0.5) is 0 Å². The average molecular weight is 233 g/mol. The van der Waals surface area contributed by atoms with Crippen LogP contribution in [0, 0.1) is 0 Å². The molecule has 1 rings (SSSR count). The molecule has 0 bridgehead atoms. The number of sulfonamides is 1. The van der Waals surface area contributed by atoms with E-state index in [1.54, 1.807) is 11.7 Å². The number of primary sulfonamides is 1. The number of hydrogen-bond acceptors (Lipinski definition) is 3. The van der Waals surface area contributed by atoms with Crippen LogP contribution in [0.5, 0.6) is 0 Å². The van der Waals surface area contributed by atoms with E-state index in [-0.39, 0.29) is 5.03 Å². The van der Waals surface area contributed by atoms with Crippen molar-refractivity contribution in [3.63, 3.8) is 0 Å². The third kappa shape index (κ3) is 3.29. The van der Waals surface area contributed by atoms with Gasteiger partial charge in [-0.1, -0.05) is 0 Å². The predicted molar refractivity (Wildman–Crippen MR) is 56.3 cm³/mol. The Hall–Kier alpha value is -0.920. The molecular formula is C8H17N4O2S+. The Labute approximate surface area is 89.9 Å². The van der Waals surface area contributed by atoms with Crippen LogP contribution in [0.1, 0.15) is 5.69 Å². The van der Waals surface area contributed by atoms with Gasteiger partial charge in [0.15, 0.2) is 5.03 Å². The van der Waals surface area contributed by atoms with Crippen molar-refractivity contribution in [2.75, 3.05) is 21.1 Å². The van der Waals surface area contributed by atoms with Crippen molar-refractivity contribution >= 4 is 10.0 Å². The molecule has 0 unspecified atom stereocenters. The van der Waals surface area contributed by atoms with E-state index in [0.717, 1.165) is 5.69 Å². The van der Waals surface area contributed by atoms with Crippen LogP contribution < -0.4 is 5.14 Å². The van der Waals surface area contributed by atoms with Gasteiger partial charge in [0.25, 0.3) is 10.0 Å². The molecule has 0 fully saturated rings. The minimum Gasteiger partial charge on any atom is -0.326 e. The number of rotatable bonds is 3. The second kappa shape index (κ2) is 3.58.